The van der Waals surface area contributed by atoms with E-state index in [-0.39, 0.29) is 11.5 Å². The fourth-order valence-corrected chi connectivity index (χ4v) is 3.33. The van der Waals surface area contributed by atoms with Crippen LogP contribution in [0.1, 0.15) is 22.8 Å². The molecule has 1 saturated heterocycles. The molecular weight excluding hydrogens is 338 g/mol. The van der Waals surface area contributed by atoms with Crippen LogP contribution in [0, 0.1) is 0 Å². The number of carbonyl (C=O) groups is 2. The van der Waals surface area contributed by atoms with E-state index in [0.717, 1.165) is 5.56 Å². The number of amidine groups is 1. The second-order valence-electron chi connectivity index (χ2n) is 5.19. The molecule has 1 fully saturated rings. The molecule has 126 valence electrons. The summed E-state index contributed by atoms with van der Waals surface area (Å²) in [6, 6.07) is 9.92. The Hall–Kier alpha value is -2.93. The number of rotatable bonds is 4. The number of benzene rings is 1. The molecule has 25 heavy (non-hydrogen) atoms. The van der Waals surface area contributed by atoms with Gasteiger partial charge in [-0.25, -0.2) is 9.79 Å². The summed E-state index contributed by atoms with van der Waals surface area (Å²) in [4.78, 5) is 34.2. The van der Waals surface area contributed by atoms with Crippen molar-refractivity contribution in [3.63, 3.8) is 0 Å². The average Bonchev–Trinajstić information content (AvgIpc) is 2.91. The minimum atomic E-state index is -0.985. The number of aliphatic imine (C=N–C) groups is 1. The molecule has 0 unspecified atom stereocenters. The number of aromatic nitrogens is 1. The Morgan fingerprint density at radius 1 is 1.32 bits per heavy atom. The van der Waals surface area contributed by atoms with E-state index in [1.807, 2.05) is 19.1 Å². The summed E-state index contributed by atoms with van der Waals surface area (Å²) < 4.78 is 0. The third-order valence-electron chi connectivity index (χ3n) is 3.53. The largest absolute Gasteiger partial charge is 0.478 e. The molecule has 0 saturated carbocycles. The summed E-state index contributed by atoms with van der Waals surface area (Å²) in [7, 11) is 0. The predicted molar refractivity (Wildman–Crippen MR) is 97.7 cm³/mol. The number of hydrogen-bond acceptors (Lipinski definition) is 5. The van der Waals surface area contributed by atoms with Gasteiger partial charge in [-0.05, 0) is 60.7 Å². The number of carbonyl (C=O) groups excluding carboxylic acids is 1. The standard InChI is InChI=1S/C18H15N3O3S/c1-2-21-16(22)15(10-12-4-3-9-19-11-12)25-18(21)20-14-7-5-13(6-8-14)17(23)24/h3-11H,2H2,1H3,(H,23,24)/b15-10-,20-18?. The fourth-order valence-electron chi connectivity index (χ4n) is 2.27. The van der Waals surface area contributed by atoms with Gasteiger partial charge in [-0.15, -0.1) is 0 Å². The third-order valence-corrected chi connectivity index (χ3v) is 4.53. The van der Waals surface area contributed by atoms with Crippen LogP contribution in [0.5, 0.6) is 0 Å². The van der Waals surface area contributed by atoms with Gasteiger partial charge >= 0.3 is 5.97 Å². The quantitative estimate of drug-likeness (QED) is 0.852. The van der Waals surface area contributed by atoms with Crippen molar-refractivity contribution in [2.45, 2.75) is 6.92 Å². The number of aromatic carboxylic acids is 1. The number of pyridine rings is 1. The van der Waals surface area contributed by atoms with Crippen LogP contribution in [-0.4, -0.2) is 38.6 Å². The molecule has 6 nitrogen and oxygen atoms in total. The molecule has 0 atom stereocenters. The lowest BCUT2D eigenvalue weighted by molar-refractivity contribution is -0.122. The van der Waals surface area contributed by atoms with Gasteiger partial charge < -0.3 is 5.11 Å². The van der Waals surface area contributed by atoms with Gasteiger partial charge in [0.25, 0.3) is 5.91 Å². The smallest absolute Gasteiger partial charge is 0.335 e. The molecule has 1 aromatic carbocycles. The number of hydrogen-bond donors (Lipinski definition) is 1. The van der Waals surface area contributed by atoms with E-state index < -0.39 is 5.97 Å². The lowest BCUT2D eigenvalue weighted by atomic mass is 10.2. The van der Waals surface area contributed by atoms with Crippen molar-refractivity contribution in [1.82, 2.24) is 9.88 Å². The molecule has 7 heteroatoms. The lowest BCUT2D eigenvalue weighted by Crippen LogP contribution is -2.28. The van der Waals surface area contributed by atoms with Gasteiger partial charge in [0.15, 0.2) is 5.17 Å². The molecule has 0 bridgehead atoms. The Labute approximate surface area is 148 Å². The maximum absolute atomic E-state index is 12.5. The molecule has 0 spiro atoms. The van der Waals surface area contributed by atoms with Crippen LogP contribution in [-0.2, 0) is 4.79 Å². The van der Waals surface area contributed by atoms with Crippen molar-refractivity contribution in [2.75, 3.05) is 6.54 Å². The van der Waals surface area contributed by atoms with Crippen LogP contribution >= 0.6 is 11.8 Å². The fraction of sp³-hybridized carbons (Fsp3) is 0.111. The lowest BCUT2D eigenvalue weighted by Gasteiger charge is -2.12. The van der Waals surface area contributed by atoms with E-state index in [9.17, 15) is 9.59 Å². The zero-order chi connectivity index (χ0) is 17.8. The topological polar surface area (TPSA) is 82.9 Å². The molecule has 1 amide bonds. The van der Waals surface area contributed by atoms with E-state index in [0.29, 0.717) is 22.3 Å². The van der Waals surface area contributed by atoms with Gasteiger partial charge in [0.1, 0.15) is 0 Å². The Morgan fingerprint density at radius 2 is 2.08 bits per heavy atom. The van der Waals surface area contributed by atoms with Gasteiger partial charge in [0.05, 0.1) is 16.2 Å². The van der Waals surface area contributed by atoms with Crippen molar-refractivity contribution in [3.05, 3.63) is 64.8 Å². The maximum Gasteiger partial charge on any atom is 0.335 e. The van der Waals surface area contributed by atoms with Crippen LogP contribution in [0.4, 0.5) is 5.69 Å². The maximum atomic E-state index is 12.5. The van der Waals surface area contributed by atoms with Crippen molar-refractivity contribution in [3.8, 4) is 0 Å². The van der Waals surface area contributed by atoms with Crippen LogP contribution in [0.25, 0.3) is 6.08 Å². The SMILES string of the molecule is CCN1C(=O)/C(=C/c2cccnc2)SC1=Nc1ccc(C(=O)O)cc1. The van der Waals surface area contributed by atoms with Crippen LogP contribution < -0.4 is 0 Å². The Morgan fingerprint density at radius 3 is 2.68 bits per heavy atom. The molecule has 1 aromatic heterocycles. The number of carboxylic acids is 1. The number of nitrogens with zero attached hydrogens (tertiary/aromatic N) is 3. The number of carboxylic acid groups (broad SMARTS) is 1. The van der Waals surface area contributed by atoms with Crippen LogP contribution in [0.3, 0.4) is 0 Å². The van der Waals surface area contributed by atoms with Gasteiger partial charge in [0, 0.05) is 18.9 Å². The minimum Gasteiger partial charge on any atom is -0.478 e. The van der Waals surface area contributed by atoms with Gasteiger partial charge in [-0.2, -0.15) is 0 Å². The highest BCUT2D eigenvalue weighted by molar-refractivity contribution is 8.18. The van der Waals surface area contributed by atoms with Crippen molar-refractivity contribution < 1.29 is 14.7 Å². The molecule has 1 aliphatic heterocycles. The predicted octanol–water partition coefficient (Wildman–Crippen LogP) is 3.40. The van der Waals surface area contributed by atoms with Crippen molar-refractivity contribution in [2.24, 2.45) is 4.99 Å². The zero-order valence-corrected chi connectivity index (χ0v) is 14.2. The molecule has 2 aromatic rings. The number of amides is 1. The molecule has 1 N–H and O–H groups in total. The Balaban J connectivity index is 1.89. The summed E-state index contributed by atoms with van der Waals surface area (Å²) >= 11 is 1.30. The van der Waals surface area contributed by atoms with Crippen molar-refractivity contribution >= 4 is 40.6 Å². The summed E-state index contributed by atoms with van der Waals surface area (Å²) in [5.74, 6) is -1.08. The first kappa shape index (κ1) is 16.9. The monoisotopic (exact) mass is 353 g/mol. The highest BCUT2D eigenvalue weighted by Crippen LogP contribution is 2.33. The second kappa shape index (κ2) is 7.31. The van der Waals surface area contributed by atoms with E-state index in [1.54, 1.807) is 35.5 Å². The number of likely N-dealkylation sites (N-methyl/N-ethyl adjacent to an activating group) is 1. The second-order valence-corrected chi connectivity index (χ2v) is 6.20. The summed E-state index contributed by atoms with van der Waals surface area (Å²) in [6.45, 7) is 2.39. The molecule has 3 rings (SSSR count). The highest BCUT2D eigenvalue weighted by atomic mass is 32.2. The number of thioether (sulfide) groups is 1. The summed E-state index contributed by atoms with van der Waals surface area (Å²) in [6.07, 6.45) is 5.16. The third kappa shape index (κ3) is 3.77. The molecular formula is C18H15N3O3S. The van der Waals surface area contributed by atoms with Gasteiger partial charge in [-0.1, -0.05) is 6.07 Å². The van der Waals surface area contributed by atoms with E-state index in [1.165, 1.54) is 23.9 Å². The first-order chi connectivity index (χ1) is 12.1. The molecule has 2 heterocycles. The zero-order valence-electron chi connectivity index (χ0n) is 13.4. The summed E-state index contributed by atoms with van der Waals surface area (Å²) in [5.41, 5.74) is 1.64. The first-order valence-corrected chi connectivity index (χ1v) is 8.43. The van der Waals surface area contributed by atoms with E-state index in [4.69, 9.17) is 5.11 Å². The Bertz CT molecular complexity index is 861. The molecule has 0 aliphatic carbocycles. The van der Waals surface area contributed by atoms with Crippen molar-refractivity contribution in [1.29, 1.82) is 0 Å². The minimum absolute atomic E-state index is 0.0998. The molecule has 0 radical (unpaired) electrons. The summed E-state index contributed by atoms with van der Waals surface area (Å²) in [5, 5.41) is 9.52. The van der Waals surface area contributed by atoms with Crippen LogP contribution in [0.15, 0.2) is 58.7 Å². The van der Waals surface area contributed by atoms with Gasteiger partial charge in [0.2, 0.25) is 0 Å². The first-order valence-electron chi connectivity index (χ1n) is 7.62. The normalized spacial score (nSPS) is 17.5. The molecule has 1 aliphatic rings. The average molecular weight is 353 g/mol. The highest BCUT2D eigenvalue weighted by Gasteiger charge is 2.32. The van der Waals surface area contributed by atoms with Crippen LogP contribution in [0.2, 0.25) is 0 Å². The Kier molecular flexibility index (Phi) is 4.95. The van der Waals surface area contributed by atoms with Gasteiger partial charge in [-0.3, -0.25) is 14.7 Å². The van der Waals surface area contributed by atoms with E-state index in [2.05, 4.69) is 9.98 Å². The van der Waals surface area contributed by atoms with E-state index >= 15 is 0 Å².